The van der Waals surface area contributed by atoms with E-state index in [4.69, 9.17) is 9.47 Å². The number of ether oxygens (including phenoxy) is 2. The van der Waals surface area contributed by atoms with E-state index in [0.29, 0.717) is 11.4 Å². The average Bonchev–Trinajstić information content (AvgIpc) is 3.30. The maximum Gasteiger partial charge on any atom is 0.311 e. The van der Waals surface area contributed by atoms with Gasteiger partial charge >= 0.3 is 5.97 Å². The van der Waals surface area contributed by atoms with Crippen LogP contribution in [0.2, 0.25) is 0 Å². The lowest BCUT2D eigenvalue weighted by Gasteiger charge is -2.17. The van der Waals surface area contributed by atoms with E-state index >= 15 is 0 Å². The number of fused-ring (bicyclic) bond motifs is 1. The van der Waals surface area contributed by atoms with Crippen LogP contribution in [-0.4, -0.2) is 30.8 Å². The number of rotatable bonds is 7. The molecule has 1 amide bonds. The summed E-state index contributed by atoms with van der Waals surface area (Å²) in [6.07, 6.45) is -0.00215. The molecule has 5 rings (SSSR count). The summed E-state index contributed by atoms with van der Waals surface area (Å²) in [5.74, 6) is -1.03. The molecule has 1 fully saturated rings. The van der Waals surface area contributed by atoms with Gasteiger partial charge in [0.05, 0.1) is 5.92 Å². The Morgan fingerprint density at radius 3 is 2.39 bits per heavy atom. The van der Waals surface area contributed by atoms with Crippen LogP contribution in [0, 0.1) is 11.7 Å². The molecule has 7 heteroatoms. The van der Waals surface area contributed by atoms with Crippen molar-refractivity contribution >= 4 is 34.1 Å². The van der Waals surface area contributed by atoms with E-state index in [1.165, 1.54) is 29.2 Å². The molecule has 0 radical (unpaired) electrons. The van der Waals surface area contributed by atoms with Gasteiger partial charge < -0.3 is 14.4 Å². The third-order valence-corrected chi connectivity index (χ3v) is 6.10. The predicted molar refractivity (Wildman–Crippen MR) is 133 cm³/mol. The van der Waals surface area contributed by atoms with Crippen LogP contribution in [0.15, 0.2) is 91.0 Å². The molecule has 6 nitrogen and oxygen atoms in total. The van der Waals surface area contributed by atoms with Crippen molar-refractivity contribution in [1.29, 1.82) is 0 Å². The monoisotopic (exact) mass is 483 g/mol. The molecular formula is C29H22FNO5. The number of hydrogen-bond acceptors (Lipinski definition) is 5. The molecule has 0 aromatic heterocycles. The number of benzene rings is 4. The van der Waals surface area contributed by atoms with Crippen LogP contribution < -0.4 is 9.64 Å². The lowest BCUT2D eigenvalue weighted by molar-refractivity contribution is -0.147. The van der Waals surface area contributed by atoms with Crippen molar-refractivity contribution in [3.8, 4) is 11.5 Å². The molecule has 0 aliphatic carbocycles. The standard InChI is InChI=1S/C29H22FNO5/c30-22-10-8-20(9-11-22)26(32)18-35-29(34)21-16-28(33)31(17-21)23-12-14-24(15-13-23)36-27-7-3-5-19-4-1-2-6-25(19)27/h1-15,21H,16-18H2/t21-/m0/s1. The van der Waals surface area contributed by atoms with Gasteiger partial charge in [-0.1, -0.05) is 36.4 Å². The Kier molecular flexibility index (Phi) is 6.45. The molecule has 0 N–H and O–H groups in total. The van der Waals surface area contributed by atoms with Gasteiger partial charge in [0.1, 0.15) is 17.3 Å². The molecule has 1 heterocycles. The van der Waals surface area contributed by atoms with E-state index in [0.717, 1.165) is 16.5 Å². The van der Waals surface area contributed by atoms with Crippen molar-refractivity contribution < 1.29 is 28.2 Å². The molecule has 1 aliphatic heterocycles. The summed E-state index contributed by atoms with van der Waals surface area (Å²) in [6.45, 7) is -0.304. The second kappa shape index (κ2) is 10.00. The van der Waals surface area contributed by atoms with E-state index in [1.54, 1.807) is 24.3 Å². The smallest absolute Gasteiger partial charge is 0.311 e. The highest BCUT2D eigenvalue weighted by molar-refractivity contribution is 6.01. The molecule has 0 saturated carbocycles. The lowest BCUT2D eigenvalue weighted by Crippen LogP contribution is -2.27. The molecule has 0 unspecified atom stereocenters. The predicted octanol–water partition coefficient (Wildman–Crippen LogP) is 5.55. The quantitative estimate of drug-likeness (QED) is 0.255. The minimum atomic E-state index is -0.676. The topological polar surface area (TPSA) is 72.9 Å². The van der Waals surface area contributed by atoms with Crippen LogP contribution in [0.3, 0.4) is 0 Å². The summed E-state index contributed by atoms with van der Waals surface area (Å²) >= 11 is 0. The summed E-state index contributed by atoms with van der Waals surface area (Å²) in [5.41, 5.74) is 0.891. The van der Waals surface area contributed by atoms with Crippen LogP contribution in [-0.2, 0) is 14.3 Å². The second-order valence-corrected chi connectivity index (χ2v) is 8.52. The van der Waals surface area contributed by atoms with E-state index in [1.807, 2.05) is 42.5 Å². The minimum Gasteiger partial charge on any atom is -0.457 e. The van der Waals surface area contributed by atoms with Crippen LogP contribution in [0.25, 0.3) is 10.8 Å². The zero-order valence-corrected chi connectivity index (χ0v) is 19.2. The molecule has 1 atom stereocenters. The number of carbonyl (C=O) groups excluding carboxylic acids is 3. The van der Waals surface area contributed by atoms with Gasteiger partial charge in [-0.2, -0.15) is 0 Å². The van der Waals surface area contributed by atoms with Crippen molar-refractivity contribution in [3.05, 3.63) is 102 Å². The molecule has 4 aromatic rings. The van der Waals surface area contributed by atoms with Gasteiger partial charge in [-0.05, 0) is 60.0 Å². The van der Waals surface area contributed by atoms with E-state index < -0.39 is 30.1 Å². The molecule has 1 aliphatic rings. The van der Waals surface area contributed by atoms with E-state index in [2.05, 4.69) is 0 Å². The van der Waals surface area contributed by atoms with Crippen molar-refractivity contribution in [2.75, 3.05) is 18.1 Å². The summed E-state index contributed by atoms with van der Waals surface area (Å²) in [5, 5.41) is 2.07. The molecule has 0 bridgehead atoms. The Hall–Kier alpha value is -4.52. The first kappa shape index (κ1) is 23.2. The summed E-state index contributed by atoms with van der Waals surface area (Å²) in [6, 6.07) is 25.9. The molecule has 0 spiro atoms. The van der Waals surface area contributed by atoms with Gasteiger partial charge in [-0.3, -0.25) is 14.4 Å². The van der Waals surface area contributed by atoms with Crippen molar-refractivity contribution in [2.24, 2.45) is 5.92 Å². The highest BCUT2D eigenvalue weighted by Gasteiger charge is 2.36. The fraction of sp³-hybridized carbons (Fsp3) is 0.138. The van der Waals surface area contributed by atoms with Gasteiger partial charge in [-0.15, -0.1) is 0 Å². The largest absolute Gasteiger partial charge is 0.457 e. The maximum atomic E-state index is 13.0. The van der Waals surface area contributed by atoms with Gasteiger partial charge in [0.15, 0.2) is 12.4 Å². The number of esters is 1. The highest BCUT2D eigenvalue weighted by Crippen LogP contribution is 2.32. The average molecular weight is 483 g/mol. The number of nitrogens with zero attached hydrogens (tertiary/aromatic N) is 1. The van der Waals surface area contributed by atoms with Gasteiger partial charge in [0, 0.05) is 29.6 Å². The van der Waals surface area contributed by atoms with Crippen molar-refractivity contribution in [1.82, 2.24) is 0 Å². The zero-order valence-electron chi connectivity index (χ0n) is 19.2. The third kappa shape index (κ3) is 4.95. The first-order chi connectivity index (χ1) is 17.5. The number of halogens is 1. The Labute approximate surface area is 206 Å². The number of carbonyl (C=O) groups is 3. The maximum absolute atomic E-state index is 13.0. The zero-order chi connectivity index (χ0) is 25.1. The Balaban J connectivity index is 1.20. The van der Waals surface area contributed by atoms with Gasteiger partial charge in [0.2, 0.25) is 5.91 Å². The lowest BCUT2D eigenvalue weighted by atomic mass is 10.1. The number of Topliss-reactive ketones (excluding diaryl/α,β-unsaturated/α-hetero) is 1. The Bertz CT molecular complexity index is 1430. The highest BCUT2D eigenvalue weighted by atomic mass is 19.1. The van der Waals surface area contributed by atoms with Gasteiger partial charge in [-0.25, -0.2) is 4.39 Å². The SMILES string of the molecule is O=C(COC(=O)[C@H]1CC(=O)N(c2ccc(Oc3cccc4ccccc34)cc2)C1)c1ccc(F)cc1. The number of ketones is 1. The minimum absolute atomic E-state index is 0.00215. The van der Waals surface area contributed by atoms with Crippen LogP contribution in [0.4, 0.5) is 10.1 Å². The van der Waals surface area contributed by atoms with Crippen molar-refractivity contribution in [2.45, 2.75) is 6.42 Å². The molecule has 1 saturated heterocycles. The molecule has 4 aromatic carbocycles. The van der Waals surface area contributed by atoms with Gasteiger partial charge in [0.25, 0.3) is 0 Å². The fourth-order valence-electron chi connectivity index (χ4n) is 4.19. The first-order valence-electron chi connectivity index (χ1n) is 11.5. The van der Waals surface area contributed by atoms with E-state index in [9.17, 15) is 18.8 Å². The molecular weight excluding hydrogens is 461 g/mol. The Morgan fingerprint density at radius 2 is 1.61 bits per heavy atom. The summed E-state index contributed by atoms with van der Waals surface area (Å²) < 4.78 is 24.2. The number of amides is 1. The number of anilines is 1. The van der Waals surface area contributed by atoms with Crippen LogP contribution in [0.1, 0.15) is 16.8 Å². The van der Waals surface area contributed by atoms with E-state index in [-0.39, 0.29) is 24.4 Å². The van der Waals surface area contributed by atoms with Crippen LogP contribution in [0.5, 0.6) is 11.5 Å². The fourth-order valence-corrected chi connectivity index (χ4v) is 4.19. The normalized spacial score (nSPS) is 15.2. The first-order valence-corrected chi connectivity index (χ1v) is 11.5. The third-order valence-electron chi connectivity index (χ3n) is 6.10. The summed E-state index contributed by atoms with van der Waals surface area (Å²) in [7, 11) is 0. The molecule has 36 heavy (non-hydrogen) atoms. The summed E-state index contributed by atoms with van der Waals surface area (Å²) in [4.78, 5) is 38.8. The van der Waals surface area contributed by atoms with Crippen molar-refractivity contribution in [3.63, 3.8) is 0 Å². The second-order valence-electron chi connectivity index (χ2n) is 8.52. The number of hydrogen-bond donors (Lipinski definition) is 0. The Morgan fingerprint density at radius 1 is 0.889 bits per heavy atom. The molecule has 180 valence electrons. The van der Waals surface area contributed by atoms with Crippen LogP contribution >= 0.6 is 0 Å².